The minimum atomic E-state index is -0.372. The molecule has 0 aromatic heterocycles. The van der Waals surface area contributed by atoms with Crippen molar-refractivity contribution in [1.29, 1.82) is 0 Å². The summed E-state index contributed by atoms with van der Waals surface area (Å²) in [6.45, 7) is 6.32. The number of rotatable bonds is 3. The molecule has 0 amide bonds. The van der Waals surface area contributed by atoms with Crippen LogP contribution in [0.2, 0.25) is 0 Å². The van der Waals surface area contributed by atoms with Crippen LogP contribution in [0.25, 0.3) is 0 Å². The van der Waals surface area contributed by atoms with Gasteiger partial charge in [0.2, 0.25) is 0 Å². The van der Waals surface area contributed by atoms with Crippen LogP contribution in [0.5, 0.6) is 0 Å². The number of para-hydroxylation sites is 1. The summed E-state index contributed by atoms with van der Waals surface area (Å²) in [7, 11) is 0. The summed E-state index contributed by atoms with van der Waals surface area (Å²) in [6.07, 6.45) is 0. The van der Waals surface area contributed by atoms with Crippen LogP contribution in [0.15, 0.2) is 18.2 Å². The number of anilines is 2. The third-order valence-corrected chi connectivity index (χ3v) is 3.26. The molecule has 19 heavy (non-hydrogen) atoms. The Morgan fingerprint density at radius 1 is 1.58 bits per heavy atom. The molecule has 1 aromatic rings. The fraction of sp³-hybridized carbons (Fsp3) is 0.500. The Bertz CT molecular complexity index is 462. The summed E-state index contributed by atoms with van der Waals surface area (Å²) < 4.78 is 10.4. The van der Waals surface area contributed by atoms with Crippen molar-refractivity contribution < 1.29 is 14.3 Å². The number of benzene rings is 1. The van der Waals surface area contributed by atoms with E-state index in [4.69, 9.17) is 15.2 Å². The van der Waals surface area contributed by atoms with Gasteiger partial charge in [0.05, 0.1) is 36.8 Å². The molecule has 0 bridgehead atoms. The lowest BCUT2D eigenvalue weighted by atomic mass is 10.1. The summed E-state index contributed by atoms with van der Waals surface area (Å²) >= 11 is 0. The molecule has 1 unspecified atom stereocenters. The van der Waals surface area contributed by atoms with E-state index < -0.39 is 0 Å². The number of carbonyl (C=O) groups is 1. The summed E-state index contributed by atoms with van der Waals surface area (Å²) in [5.41, 5.74) is 7.91. The molecule has 0 radical (unpaired) electrons. The summed E-state index contributed by atoms with van der Waals surface area (Å²) in [5.74, 6) is -0.372. The molecule has 0 aliphatic carbocycles. The molecule has 2 rings (SSSR count). The highest BCUT2D eigenvalue weighted by atomic mass is 16.5. The third kappa shape index (κ3) is 2.81. The second kappa shape index (κ2) is 5.93. The van der Waals surface area contributed by atoms with Gasteiger partial charge in [0.25, 0.3) is 0 Å². The van der Waals surface area contributed by atoms with E-state index in [1.807, 2.05) is 12.1 Å². The molecule has 1 aliphatic rings. The fourth-order valence-electron chi connectivity index (χ4n) is 2.28. The Morgan fingerprint density at radius 2 is 2.37 bits per heavy atom. The van der Waals surface area contributed by atoms with Crippen molar-refractivity contribution in [2.45, 2.75) is 19.9 Å². The summed E-state index contributed by atoms with van der Waals surface area (Å²) in [6, 6.07) is 5.70. The Morgan fingerprint density at radius 3 is 3.05 bits per heavy atom. The Kier molecular flexibility index (Phi) is 4.27. The molecule has 2 N–H and O–H groups in total. The van der Waals surface area contributed by atoms with E-state index in [1.54, 1.807) is 13.0 Å². The van der Waals surface area contributed by atoms with Gasteiger partial charge in [-0.25, -0.2) is 4.79 Å². The molecular weight excluding hydrogens is 244 g/mol. The van der Waals surface area contributed by atoms with Gasteiger partial charge in [-0.1, -0.05) is 6.07 Å². The van der Waals surface area contributed by atoms with Crippen molar-refractivity contribution in [2.75, 3.05) is 37.0 Å². The van der Waals surface area contributed by atoms with Gasteiger partial charge < -0.3 is 20.1 Å². The van der Waals surface area contributed by atoms with Crippen LogP contribution in [-0.2, 0) is 9.47 Å². The van der Waals surface area contributed by atoms with E-state index in [9.17, 15) is 4.79 Å². The smallest absolute Gasteiger partial charge is 0.340 e. The first kappa shape index (κ1) is 13.7. The molecule has 1 heterocycles. The molecule has 5 heteroatoms. The van der Waals surface area contributed by atoms with Crippen molar-refractivity contribution in [3.63, 3.8) is 0 Å². The largest absolute Gasteiger partial charge is 0.462 e. The number of ether oxygens (including phenoxy) is 2. The van der Waals surface area contributed by atoms with Gasteiger partial charge in [-0.2, -0.15) is 0 Å². The average Bonchev–Trinajstić information content (AvgIpc) is 2.40. The number of esters is 1. The quantitative estimate of drug-likeness (QED) is 0.664. The second-order valence-electron chi connectivity index (χ2n) is 4.58. The number of nitrogens with zero attached hydrogens (tertiary/aromatic N) is 1. The number of hydrogen-bond donors (Lipinski definition) is 1. The number of hydrogen-bond acceptors (Lipinski definition) is 5. The minimum absolute atomic E-state index is 0.244. The monoisotopic (exact) mass is 264 g/mol. The van der Waals surface area contributed by atoms with Crippen molar-refractivity contribution in [2.24, 2.45) is 0 Å². The van der Waals surface area contributed by atoms with E-state index in [2.05, 4.69) is 11.8 Å². The predicted octanol–water partition coefficient (Wildman–Crippen LogP) is 1.67. The van der Waals surface area contributed by atoms with E-state index >= 15 is 0 Å². The lowest BCUT2D eigenvalue weighted by Gasteiger charge is -2.36. The molecule has 1 atom stereocenters. The van der Waals surface area contributed by atoms with Gasteiger partial charge in [-0.15, -0.1) is 0 Å². The van der Waals surface area contributed by atoms with Gasteiger partial charge in [0, 0.05) is 12.6 Å². The zero-order valence-corrected chi connectivity index (χ0v) is 11.4. The number of nitrogen functional groups attached to an aromatic ring is 1. The molecule has 1 saturated heterocycles. The Balaban J connectivity index is 2.31. The van der Waals surface area contributed by atoms with Crippen LogP contribution >= 0.6 is 0 Å². The van der Waals surface area contributed by atoms with Crippen molar-refractivity contribution in [3.05, 3.63) is 23.8 Å². The lowest BCUT2D eigenvalue weighted by Crippen LogP contribution is -2.44. The van der Waals surface area contributed by atoms with Crippen LogP contribution in [0.4, 0.5) is 11.4 Å². The number of carbonyl (C=O) groups excluding carboxylic acids is 1. The molecule has 1 aliphatic heterocycles. The maximum Gasteiger partial charge on any atom is 0.340 e. The molecule has 0 spiro atoms. The summed E-state index contributed by atoms with van der Waals surface area (Å²) in [5, 5.41) is 0. The highest BCUT2D eigenvalue weighted by molar-refractivity contribution is 5.98. The first-order valence-electron chi connectivity index (χ1n) is 6.55. The first-order chi connectivity index (χ1) is 9.15. The van der Waals surface area contributed by atoms with Crippen LogP contribution in [0.3, 0.4) is 0 Å². The highest BCUT2D eigenvalue weighted by Crippen LogP contribution is 2.29. The van der Waals surface area contributed by atoms with E-state index in [-0.39, 0.29) is 12.0 Å². The predicted molar refractivity (Wildman–Crippen MR) is 74.4 cm³/mol. The van der Waals surface area contributed by atoms with Crippen LogP contribution < -0.4 is 10.6 Å². The van der Waals surface area contributed by atoms with Gasteiger partial charge in [0.1, 0.15) is 0 Å². The van der Waals surface area contributed by atoms with Crippen LogP contribution in [0.1, 0.15) is 24.2 Å². The van der Waals surface area contributed by atoms with E-state index in [0.29, 0.717) is 31.1 Å². The zero-order valence-electron chi connectivity index (χ0n) is 11.4. The standard InChI is InChI=1S/C14H20N2O3/c1-3-19-14(17)11-5-4-6-12(13(11)15)16-7-8-18-9-10(16)2/h4-6,10H,3,7-9,15H2,1-2H3. The summed E-state index contributed by atoms with van der Waals surface area (Å²) in [4.78, 5) is 14.0. The third-order valence-electron chi connectivity index (χ3n) is 3.26. The zero-order chi connectivity index (χ0) is 13.8. The van der Waals surface area contributed by atoms with E-state index in [1.165, 1.54) is 0 Å². The van der Waals surface area contributed by atoms with Crippen LogP contribution in [0, 0.1) is 0 Å². The average molecular weight is 264 g/mol. The van der Waals surface area contributed by atoms with Crippen molar-refractivity contribution in [3.8, 4) is 0 Å². The number of nitrogens with two attached hydrogens (primary N) is 1. The van der Waals surface area contributed by atoms with E-state index in [0.717, 1.165) is 12.2 Å². The Labute approximate surface area is 113 Å². The second-order valence-corrected chi connectivity index (χ2v) is 4.58. The maximum atomic E-state index is 11.8. The highest BCUT2D eigenvalue weighted by Gasteiger charge is 2.23. The van der Waals surface area contributed by atoms with Crippen LogP contribution in [-0.4, -0.2) is 38.4 Å². The molecule has 104 valence electrons. The molecule has 0 saturated carbocycles. The topological polar surface area (TPSA) is 64.8 Å². The minimum Gasteiger partial charge on any atom is -0.462 e. The van der Waals surface area contributed by atoms with Crippen molar-refractivity contribution >= 4 is 17.3 Å². The SMILES string of the molecule is CCOC(=O)c1cccc(N2CCOCC2C)c1N. The number of morpholine rings is 1. The molecule has 5 nitrogen and oxygen atoms in total. The van der Waals surface area contributed by atoms with Gasteiger partial charge in [-0.3, -0.25) is 0 Å². The fourth-order valence-corrected chi connectivity index (χ4v) is 2.28. The lowest BCUT2D eigenvalue weighted by molar-refractivity contribution is 0.0527. The first-order valence-corrected chi connectivity index (χ1v) is 6.55. The Hall–Kier alpha value is -1.75. The van der Waals surface area contributed by atoms with Gasteiger partial charge in [-0.05, 0) is 26.0 Å². The maximum absolute atomic E-state index is 11.8. The molecule has 1 fully saturated rings. The van der Waals surface area contributed by atoms with Gasteiger partial charge in [0.15, 0.2) is 0 Å². The van der Waals surface area contributed by atoms with Gasteiger partial charge >= 0.3 is 5.97 Å². The molecule has 1 aromatic carbocycles. The molecular formula is C14H20N2O3. The normalized spacial score (nSPS) is 19.3. The van der Waals surface area contributed by atoms with Crippen molar-refractivity contribution in [1.82, 2.24) is 0 Å².